The van der Waals surface area contributed by atoms with Gasteiger partial charge in [0, 0.05) is 41.8 Å². The Morgan fingerprint density at radius 3 is 2.62 bits per heavy atom. The molecule has 32 heavy (non-hydrogen) atoms. The van der Waals surface area contributed by atoms with Crippen LogP contribution in [0.1, 0.15) is 24.8 Å². The summed E-state index contributed by atoms with van der Waals surface area (Å²) < 4.78 is 28.4. The quantitative estimate of drug-likeness (QED) is 0.486. The first kappa shape index (κ1) is 23.0. The molecule has 6 nitrogen and oxygen atoms in total. The van der Waals surface area contributed by atoms with Gasteiger partial charge in [0.1, 0.15) is 10.3 Å². The highest BCUT2D eigenvalue weighted by atomic mass is 35.5. The monoisotopic (exact) mass is 489 g/mol. The molecule has 0 saturated carbocycles. The zero-order chi connectivity index (χ0) is 22.9. The first-order valence-corrected chi connectivity index (χ1v) is 13.1. The Morgan fingerprint density at radius 2 is 1.88 bits per heavy atom. The average molecular weight is 490 g/mol. The lowest BCUT2D eigenvalue weighted by Gasteiger charge is -2.28. The summed E-state index contributed by atoms with van der Waals surface area (Å²) in [5.41, 5.74) is 1.31. The summed E-state index contributed by atoms with van der Waals surface area (Å²) in [5.74, 6) is -0.0137. The number of sulfonamides is 1. The van der Waals surface area contributed by atoms with Gasteiger partial charge in [-0.2, -0.15) is 4.31 Å². The van der Waals surface area contributed by atoms with Crippen LogP contribution in [0, 0.1) is 0 Å². The number of amides is 1. The topological polar surface area (TPSA) is 70.6 Å². The SMILES string of the molecule is CCN(CCN1C(=O)[C@H](C)S[C@H]1c1ccccc1Cl)S(=O)(=O)c1cccc2cccnc12. The van der Waals surface area contributed by atoms with E-state index in [-0.39, 0.29) is 41.1 Å². The van der Waals surface area contributed by atoms with Crippen LogP contribution in [-0.4, -0.2) is 53.4 Å². The van der Waals surface area contributed by atoms with Crippen LogP contribution in [-0.2, 0) is 14.8 Å². The summed E-state index contributed by atoms with van der Waals surface area (Å²) in [6.07, 6.45) is 1.59. The van der Waals surface area contributed by atoms with Gasteiger partial charge in [-0.15, -0.1) is 11.8 Å². The maximum atomic E-state index is 13.5. The molecule has 2 heterocycles. The number of rotatable bonds is 7. The minimum Gasteiger partial charge on any atom is -0.324 e. The van der Waals surface area contributed by atoms with Gasteiger partial charge in [-0.1, -0.05) is 54.9 Å². The smallest absolute Gasteiger partial charge is 0.245 e. The second-order valence-corrected chi connectivity index (χ2v) is 11.3. The van der Waals surface area contributed by atoms with Crippen molar-refractivity contribution in [3.63, 3.8) is 0 Å². The molecule has 1 aromatic heterocycles. The minimum atomic E-state index is -3.79. The molecule has 9 heteroatoms. The van der Waals surface area contributed by atoms with Crippen molar-refractivity contribution in [3.8, 4) is 0 Å². The molecule has 1 saturated heterocycles. The molecule has 1 fully saturated rings. The Morgan fingerprint density at radius 1 is 1.12 bits per heavy atom. The molecule has 0 N–H and O–H groups in total. The fraction of sp³-hybridized carbons (Fsp3) is 0.304. The van der Waals surface area contributed by atoms with Crippen molar-refractivity contribution < 1.29 is 13.2 Å². The second kappa shape index (κ2) is 9.39. The van der Waals surface area contributed by atoms with Crippen LogP contribution >= 0.6 is 23.4 Å². The van der Waals surface area contributed by atoms with Gasteiger partial charge in [0.05, 0.1) is 10.8 Å². The molecule has 0 unspecified atom stereocenters. The molecule has 2 atom stereocenters. The van der Waals surface area contributed by atoms with Crippen molar-refractivity contribution in [2.75, 3.05) is 19.6 Å². The number of carbonyl (C=O) groups is 1. The molecule has 0 bridgehead atoms. The Hall–Kier alpha value is -2.13. The zero-order valence-corrected chi connectivity index (χ0v) is 20.2. The van der Waals surface area contributed by atoms with Crippen LogP contribution in [0.2, 0.25) is 5.02 Å². The lowest BCUT2D eigenvalue weighted by Crippen LogP contribution is -2.40. The number of likely N-dealkylation sites (N-methyl/N-ethyl adjacent to an activating group) is 1. The first-order chi connectivity index (χ1) is 15.3. The van der Waals surface area contributed by atoms with E-state index < -0.39 is 10.0 Å². The zero-order valence-electron chi connectivity index (χ0n) is 17.8. The van der Waals surface area contributed by atoms with Crippen LogP contribution < -0.4 is 0 Å². The van der Waals surface area contributed by atoms with Crippen molar-refractivity contribution in [2.24, 2.45) is 0 Å². The van der Waals surface area contributed by atoms with Crippen molar-refractivity contribution in [2.45, 2.75) is 29.4 Å². The van der Waals surface area contributed by atoms with Crippen LogP contribution in [0.25, 0.3) is 10.9 Å². The maximum Gasteiger partial charge on any atom is 0.245 e. The van der Waals surface area contributed by atoms with Crippen molar-refractivity contribution in [1.29, 1.82) is 0 Å². The van der Waals surface area contributed by atoms with Gasteiger partial charge in [-0.3, -0.25) is 9.78 Å². The van der Waals surface area contributed by atoms with Gasteiger partial charge < -0.3 is 4.90 Å². The number of para-hydroxylation sites is 1. The van der Waals surface area contributed by atoms with E-state index in [1.807, 2.05) is 37.3 Å². The summed E-state index contributed by atoms with van der Waals surface area (Å²) in [4.78, 5) is 19.1. The Kier molecular flexibility index (Phi) is 6.76. The van der Waals surface area contributed by atoms with E-state index in [1.165, 1.54) is 16.1 Å². The minimum absolute atomic E-state index is 0.0137. The lowest BCUT2D eigenvalue weighted by molar-refractivity contribution is -0.129. The van der Waals surface area contributed by atoms with E-state index in [4.69, 9.17) is 11.6 Å². The van der Waals surface area contributed by atoms with E-state index in [0.717, 1.165) is 10.9 Å². The van der Waals surface area contributed by atoms with Crippen LogP contribution in [0.4, 0.5) is 0 Å². The molecular formula is C23H24ClN3O3S2. The molecule has 2 aromatic carbocycles. The fourth-order valence-electron chi connectivity index (χ4n) is 3.91. The van der Waals surface area contributed by atoms with Crippen LogP contribution in [0.3, 0.4) is 0 Å². The highest BCUT2D eigenvalue weighted by Crippen LogP contribution is 2.44. The highest BCUT2D eigenvalue weighted by molar-refractivity contribution is 8.01. The van der Waals surface area contributed by atoms with Gasteiger partial charge >= 0.3 is 0 Å². The summed E-state index contributed by atoms with van der Waals surface area (Å²) in [7, 11) is -3.79. The Balaban J connectivity index is 1.60. The number of thioether (sulfide) groups is 1. The predicted octanol–water partition coefficient (Wildman–Crippen LogP) is 4.56. The van der Waals surface area contributed by atoms with E-state index >= 15 is 0 Å². The van der Waals surface area contributed by atoms with Gasteiger partial charge in [0.25, 0.3) is 0 Å². The number of halogens is 1. The summed E-state index contributed by atoms with van der Waals surface area (Å²) in [6, 6.07) is 16.2. The number of benzene rings is 2. The molecule has 0 radical (unpaired) electrons. The molecule has 0 aliphatic carbocycles. The van der Waals surface area contributed by atoms with Crippen LogP contribution in [0.5, 0.6) is 0 Å². The van der Waals surface area contributed by atoms with E-state index in [9.17, 15) is 13.2 Å². The third-order valence-electron chi connectivity index (χ3n) is 5.57. The molecular weight excluding hydrogens is 466 g/mol. The summed E-state index contributed by atoms with van der Waals surface area (Å²) >= 11 is 7.93. The number of pyridine rings is 1. The molecule has 1 amide bonds. The van der Waals surface area contributed by atoms with Gasteiger partial charge in [0.15, 0.2) is 0 Å². The van der Waals surface area contributed by atoms with Gasteiger partial charge in [-0.05, 0) is 25.1 Å². The first-order valence-electron chi connectivity index (χ1n) is 10.4. The molecule has 1 aliphatic rings. The standard InChI is InChI=1S/C23H24ClN3O3S2/c1-3-26(32(29,30)20-12-6-8-17-9-7-13-25-21(17)20)14-15-27-22(28)16(2)31-23(27)18-10-4-5-11-19(18)24/h4-13,16,23H,3,14-15H2,1-2H3/t16-,23-/m0/s1. The average Bonchev–Trinajstić information content (AvgIpc) is 3.07. The summed E-state index contributed by atoms with van der Waals surface area (Å²) in [5, 5.41) is 0.902. The maximum absolute atomic E-state index is 13.5. The van der Waals surface area contributed by atoms with Crippen molar-refractivity contribution in [1.82, 2.24) is 14.2 Å². The normalized spacial score (nSPS) is 19.2. The van der Waals surface area contributed by atoms with Gasteiger partial charge in [-0.25, -0.2) is 8.42 Å². The molecule has 0 spiro atoms. The second-order valence-electron chi connectivity index (χ2n) is 7.51. The summed E-state index contributed by atoms with van der Waals surface area (Å²) in [6.45, 7) is 4.41. The van der Waals surface area contributed by atoms with E-state index in [1.54, 1.807) is 42.3 Å². The van der Waals surface area contributed by atoms with E-state index in [0.29, 0.717) is 10.5 Å². The van der Waals surface area contributed by atoms with Gasteiger partial charge in [0.2, 0.25) is 15.9 Å². The largest absolute Gasteiger partial charge is 0.324 e. The third kappa shape index (κ3) is 4.24. The fourth-order valence-corrected chi connectivity index (χ4v) is 7.17. The Labute approximate surface area is 197 Å². The predicted molar refractivity (Wildman–Crippen MR) is 129 cm³/mol. The van der Waals surface area contributed by atoms with Crippen LogP contribution in [0.15, 0.2) is 65.7 Å². The highest BCUT2D eigenvalue weighted by Gasteiger charge is 2.39. The molecule has 168 valence electrons. The molecule has 4 rings (SSSR count). The number of carbonyl (C=O) groups excluding carboxylic acids is 1. The number of fused-ring (bicyclic) bond motifs is 1. The van der Waals surface area contributed by atoms with E-state index in [2.05, 4.69) is 4.98 Å². The van der Waals surface area contributed by atoms with Crippen molar-refractivity contribution in [3.05, 3.63) is 71.4 Å². The Bertz CT molecular complexity index is 1250. The molecule has 1 aliphatic heterocycles. The number of hydrogen-bond donors (Lipinski definition) is 0. The number of hydrogen-bond acceptors (Lipinski definition) is 5. The third-order valence-corrected chi connectivity index (χ3v) is 9.30. The number of aromatic nitrogens is 1. The molecule has 3 aromatic rings. The lowest BCUT2D eigenvalue weighted by atomic mass is 10.2. The number of nitrogens with zero attached hydrogens (tertiary/aromatic N) is 3. The van der Waals surface area contributed by atoms with Crippen molar-refractivity contribution >= 4 is 50.2 Å².